The molecule has 0 aliphatic carbocycles. The number of nitrogens with zero attached hydrogens (tertiary/aromatic N) is 19. The SMILES string of the molecule is CCn1cnc(-c2cccc(C)c2OC)n1.COc1c(C)cccc1-c1ccn(C)n1.COc1c(C)cccc1-c1cn(C)nn1.COc1c(C)cccc1-c1cnccn1.COc1c(C)cccc1-c1cnn(C)c1.COc1c(C)cccc1-c1n[nH]c(C)n1.COc1c(C)cccc1-c1nc(C)nn1C.COc1c(C)cccc1-c1ncn[nH]1. The van der Waals surface area contributed by atoms with Gasteiger partial charge in [-0.1, -0.05) is 108 Å². The average molecular weight is 1640 g/mol. The van der Waals surface area contributed by atoms with Crippen molar-refractivity contribution in [2.75, 3.05) is 56.9 Å². The van der Waals surface area contributed by atoms with Gasteiger partial charge >= 0.3 is 0 Å². The van der Waals surface area contributed by atoms with Crippen LogP contribution in [0.2, 0.25) is 0 Å². The Labute approximate surface area is 706 Å². The monoisotopic (exact) mass is 1630 g/mol. The van der Waals surface area contributed by atoms with Gasteiger partial charge in [0.05, 0.1) is 109 Å². The second-order valence-corrected chi connectivity index (χ2v) is 27.5. The Kier molecular flexibility index (Phi) is 32.9. The molecule has 16 rings (SSSR count). The van der Waals surface area contributed by atoms with Crippen molar-refractivity contribution in [2.24, 2.45) is 28.2 Å². The third-order valence-electron chi connectivity index (χ3n) is 18.8. The smallest absolute Gasteiger partial charge is 0.184 e. The van der Waals surface area contributed by atoms with Crippen LogP contribution in [0.1, 0.15) is 63.1 Å². The summed E-state index contributed by atoms with van der Waals surface area (Å²) in [6, 6.07) is 50.0. The van der Waals surface area contributed by atoms with Gasteiger partial charge in [-0.3, -0.25) is 38.9 Å². The van der Waals surface area contributed by atoms with Gasteiger partial charge in [-0.05, 0) is 169 Å². The van der Waals surface area contributed by atoms with Crippen molar-refractivity contribution in [2.45, 2.75) is 82.7 Å². The Balaban J connectivity index is 0.000000157. The summed E-state index contributed by atoms with van der Waals surface area (Å²) < 4.78 is 51.8. The zero-order chi connectivity index (χ0) is 87.2. The van der Waals surface area contributed by atoms with E-state index in [2.05, 4.69) is 81.0 Å². The van der Waals surface area contributed by atoms with Crippen LogP contribution in [0.3, 0.4) is 0 Å². The van der Waals surface area contributed by atoms with Crippen LogP contribution in [0.5, 0.6) is 46.0 Å². The second kappa shape index (κ2) is 44.1. The molecule has 29 nitrogen and oxygen atoms in total. The van der Waals surface area contributed by atoms with E-state index in [-0.39, 0.29) is 0 Å². The topological polar surface area (TPSA) is 311 Å². The number of aromatic nitrogens is 21. The highest BCUT2D eigenvalue weighted by molar-refractivity contribution is 5.74. The second-order valence-electron chi connectivity index (χ2n) is 27.5. The van der Waals surface area contributed by atoms with Crippen LogP contribution in [0, 0.1) is 69.2 Å². The van der Waals surface area contributed by atoms with Gasteiger partial charge in [-0.15, -0.1) is 5.10 Å². The summed E-state index contributed by atoms with van der Waals surface area (Å²) in [5.74, 6) is 11.4. The lowest BCUT2D eigenvalue weighted by Gasteiger charge is -2.09. The fourth-order valence-corrected chi connectivity index (χ4v) is 13.1. The van der Waals surface area contributed by atoms with Crippen LogP contribution < -0.4 is 37.9 Å². The number of rotatable bonds is 17. The first-order valence-corrected chi connectivity index (χ1v) is 38.7. The molecule has 0 amide bonds. The number of aryl methyl sites for hydroxylation is 15. The fraction of sp³-hybridized carbons (Fsp3) is 0.261. The number of hydrogen-bond donors (Lipinski definition) is 2. The molecule has 29 heteroatoms. The molecule has 0 radical (unpaired) electrons. The molecule has 0 saturated heterocycles. The summed E-state index contributed by atoms with van der Waals surface area (Å²) in [4.78, 5) is 25.4. The van der Waals surface area contributed by atoms with E-state index in [9.17, 15) is 0 Å². The molecule has 8 aromatic carbocycles. The zero-order valence-corrected chi connectivity index (χ0v) is 73.1. The van der Waals surface area contributed by atoms with Gasteiger partial charge in [0, 0.05) is 87.3 Å². The maximum atomic E-state index is 5.41. The van der Waals surface area contributed by atoms with Crippen molar-refractivity contribution in [1.29, 1.82) is 0 Å². The third-order valence-corrected chi connectivity index (χ3v) is 18.8. The summed E-state index contributed by atoms with van der Waals surface area (Å²) in [5, 5.41) is 38.7. The highest BCUT2D eigenvalue weighted by Gasteiger charge is 2.19. The normalized spacial score (nSPS) is 10.3. The van der Waals surface area contributed by atoms with E-state index in [0.29, 0.717) is 11.6 Å². The van der Waals surface area contributed by atoms with Crippen molar-refractivity contribution in [3.63, 3.8) is 0 Å². The standard InChI is InChI=1S/2C12H15N3O.2C12H14N2O.C12H12N2O.2C11H13N3O.C10H11N3O/c1-8-6-5-7-10(11(8)16-4)12-13-9(2)14-15(12)3;1-4-15-8-13-12(14-15)10-7-5-6-9(2)11(10)16-3;1-9-5-4-6-11(12(9)15-3)10-7-13-14(2)8-10;1-9-5-4-6-10(12(9)15-3)11-7-8-14(2)13-11;1-9-4-3-5-10(12(9)15-2)11-8-13-6-7-14-11;1-8-5-4-6-9(11(8)15-3)10-7-14(2)13-12-10;1-7-5-4-6-9(10(7)15-3)11-12-8(2)13-14-11;1-7-4-3-5-8(9(7)14-2)10-11-6-12-13-10/h5-7H,1-4H3;5-8H,4H2,1-3H3;2*4-8H,1-3H3;3-8H,1-2H3;4-7H,1-3H3;4-6H,1-3H3,(H,12,13,14);3-6H,1-2H3,(H,11,12,13). The molecule has 2 N–H and O–H groups in total. The molecular weight excluding hydrogens is 1530 g/mol. The molecule has 0 aliphatic rings. The molecule has 0 saturated carbocycles. The highest BCUT2D eigenvalue weighted by Crippen LogP contribution is 2.38. The largest absolute Gasteiger partial charge is 0.496 e. The zero-order valence-electron chi connectivity index (χ0n) is 73.1. The summed E-state index contributed by atoms with van der Waals surface area (Å²) in [5.41, 5.74) is 20.4. The molecule has 0 aliphatic heterocycles. The van der Waals surface area contributed by atoms with Crippen LogP contribution in [-0.4, -0.2) is 161 Å². The number of aromatic amines is 2. The molecule has 0 atom stereocenters. The molecular formula is C92H107N21O8. The van der Waals surface area contributed by atoms with Crippen molar-refractivity contribution in [3.8, 4) is 136 Å². The molecule has 16 aromatic rings. The minimum Gasteiger partial charge on any atom is -0.496 e. The summed E-state index contributed by atoms with van der Waals surface area (Å²) in [7, 11) is 20.9. The number of methoxy groups -OCH3 is 8. The van der Waals surface area contributed by atoms with Gasteiger partial charge in [-0.25, -0.2) is 24.6 Å². The van der Waals surface area contributed by atoms with Crippen LogP contribution >= 0.6 is 0 Å². The van der Waals surface area contributed by atoms with Gasteiger partial charge in [0.1, 0.15) is 76.0 Å². The summed E-state index contributed by atoms with van der Waals surface area (Å²) in [6.07, 6.45) is 15.9. The average Bonchev–Trinajstić information content (AvgIpc) is 1.70. The number of benzene rings is 8. The first kappa shape index (κ1) is 90.3. The minimum atomic E-state index is 0.674. The molecule has 8 heterocycles. The molecule has 0 fully saturated rings. The van der Waals surface area contributed by atoms with E-state index in [1.165, 1.54) is 6.33 Å². The van der Waals surface area contributed by atoms with Crippen LogP contribution in [0.4, 0.5) is 0 Å². The summed E-state index contributed by atoms with van der Waals surface area (Å²) in [6.45, 7) is 22.7. The van der Waals surface area contributed by atoms with Crippen LogP contribution in [0.25, 0.3) is 90.5 Å². The molecule has 0 unspecified atom stereocenters. The number of ether oxygens (including phenoxy) is 8. The van der Waals surface area contributed by atoms with Gasteiger partial charge < -0.3 is 37.9 Å². The number of nitrogens with one attached hydrogen (secondary N) is 2. The number of hydrogen-bond acceptors (Lipinski definition) is 22. The van der Waals surface area contributed by atoms with E-state index in [0.717, 1.165) is 187 Å². The predicted molar refractivity (Wildman–Crippen MR) is 472 cm³/mol. The van der Waals surface area contributed by atoms with Crippen molar-refractivity contribution < 1.29 is 37.9 Å². The van der Waals surface area contributed by atoms with E-state index in [1.807, 2.05) is 281 Å². The summed E-state index contributed by atoms with van der Waals surface area (Å²) >= 11 is 0. The number of para-hydroxylation sites is 8. The Morgan fingerprint density at radius 1 is 0.372 bits per heavy atom. The first-order valence-electron chi connectivity index (χ1n) is 38.7. The molecule has 0 spiro atoms. The lowest BCUT2D eigenvalue weighted by atomic mass is 10.1. The van der Waals surface area contributed by atoms with Crippen LogP contribution in [-0.2, 0) is 34.7 Å². The van der Waals surface area contributed by atoms with Gasteiger partial charge in [0.15, 0.2) is 23.3 Å². The Hall–Kier alpha value is -14.6. The van der Waals surface area contributed by atoms with E-state index >= 15 is 0 Å². The minimum absolute atomic E-state index is 0.674. The molecule has 0 bridgehead atoms. The molecule has 8 aromatic heterocycles. The predicted octanol–water partition coefficient (Wildman–Crippen LogP) is 17.3. The van der Waals surface area contributed by atoms with E-state index < -0.39 is 0 Å². The lowest BCUT2D eigenvalue weighted by molar-refractivity contribution is 0.412. The van der Waals surface area contributed by atoms with Crippen molar-refractivity contribution >= 4 is 0 Å². The molecule has 121 heavy (non-hydrogen) atoms. The Morgan fingerprint density at radius 3 is 1.20 bits per heavy atom. The van der Waals surface area contributed by atoms with E-state index in [1.54, 1.807) is 105 Å². The highest BCUT2D eigenvalue weighted by atomic mass is 16.5. The maximum absolute atomic E-state index is 5.41. The van der Waals surface area contributed by atoms with Gasteiger partial charge in [0.2, 0.25) is 0 Å². The lowest BCUT2D eigenvalue weighted by Crippen LogP contribution is -1.98. The van der Waals surface area contributed by atoms with E-state index in [4.69, 9.17) is 37.9 Å². The Bertz CT molecular complexity index is 5590. The first-order chi connectivity index (χ1) is 58.4. The van der Waals surface area contributed by atoms with Crippen molar-refractivity contribution in [3.05, 3.63) is 264 Å². The Morgan fingerprint density at radius 2 is 0.810 bits per heavy atom. The fourth-order valence-electron chi connectivity index (χ4n) is 13.1. The van der Waals surface area contributed by atoms with Gasteiger partial charge in [-0.2, -0.15) is 30.6 Å². The molecule has 628 valence electrons. The quantitative estimate of drug-likeness (QED) is 0.0855. The van der Waals surface area contributed by atoms with Crippen molar-refractivity contribution in [1.82, 2.24) is 104 Å². The van der Waals surface area contributed by atoms with Gasteiger partial charge in [0.25, 0.3) is 0 Å². The number of H-pyrrole nitrogens is 2. The van der Waals surface area contributed by atoms with Crippen LogP contribution in [0.15, 0.2) is 208 Å². The third kappa shape index (κ3) is 23.4. The maximum Gasteiger partial charge on any atom is 0.184 e.